The van der Waals surface area contributed by atoms with E-state index in [1.54, 1.807) is 49.5 Å². The van der Waals surface area contributed by atoms with Crippen LogP contribution in [0.1, 0.15) is 131 Å². The molecule has 15 nitrogen and oxygen atoms in total. The van der Waals surface area contributed by atoms with Gasteiger partial charge in [0, 0.05) is 31.6 Å². The van der Waals surface area contributed by atoms with Crippen LogP contribution >= 0.6 is 0 Å². The smallest absolute Gasteiger partial charge is 0.329 e. The summed E-state index contributed by atoms with van der Waals surface area (Å²) >= 11 is 0. The summed E-state index contributed by atoms with van der Waals surface area (Å²) in [6, 6.07) is 20.3. The second kappa shape index (κ2) is 22.4. The van der Waals surface area contributed by atoms with Gasteiger partial charge in [0.15, 0.2) is 17.3 Å². The molecule has 0 aliphatic carbocycles. The molecule has 4 atom stereocenters. The predicted molar refractivity (Wildman–Crippen MR) is 258 cm³/mol. The molecular formula is C54H62N4O11. The fourth-order valence-corrected chi connectivity index (χ4v) is 9.56. The van der Waals surface area contributed by atoms with Crippen LogP contribution in [0, 0.1) is 20.8 Å². The molecule has 2 fully saturated rings. The van der Waals surface area contributed by atoms with Crippen molar-refractivity contribution in [2.45, 2.75) is 116 Å². The minimum atomic E-state index is -1.07. The molecule has 3 aliphatic heterocycles. The van der Waals surface area contributed by atoms with Crippen molar-refractivity contribution in [3.63, 3.8) is 0 Å². The third-order valence-electron chi connectivity index (χ3n) is 13.4. The highest BCUT2D eigenvalue weighted by atomic mass is 16.5. The van der Waals surface area contributed by atoms with Gasteiger partial charge < -0.3 is 29.2 Å². The van der Waals surface area contributed by atoms with E-state index in [2.05, 4.69) is 42.7 Å². The fourth-order valence-electron chi connectivity index (χ4n) is 9.56. The number of hydrogen-bond donors (Lipinski definition) is 2. The van der Waals surface area contributed by atoms with Crippen molar-refractivity contribution in [1.82, 2.24) is 15.1 Å². The summed E-state index contributed by atoms with van der Waals surface area (Å²) in [5.41, 5.74) is 6.50. The summed E-state index contributed by atoms with van der Waals surface area (Å²) in [5.74, 6) is -2.03. The first-order valence-electron chi connectivity index (χ1n) is 23.8. The van der Waals surface area contributed by atoms with Crippen LogP contribution in [0.4, 0.5) is 5.69 Å². The lowest BCUT2D eigenvalue weighted by atomic mass is 9.91. The van der Waals surface area contributed by atoms with Gasteiger partial charge in [-0.25, -0.2) is 4.79 Å². The van der Waals surface area contributed by atoms with E-state index in [0.29, 0.717) is 73.7 Å². The number of Topliss-reactive ketones (excluding diaryl/α,β-unsaturated/α-hetero) is 1. The predicted octanol–water partition coefficient (Wildman–Crippen LogP) is 7.66. The minimum absolute atomic E-state index is 0.0239. The number of methoxy groups -OCH3 is 2. The number of aryl methyl sites for hydroxylation is 4. The van der Waals surface area contributed by atoms with Gasteiger partial charge in [0.25, 0.3) is 11.8 Å². The molecule has 69 heavy (non-hydrogen) atoms. The lowest BCUT2D eigenvalue weighted by molar-refractivity contribution is -0.162. The number of ketones is 1. The zero-order chi connectivity index (χ0) is 49.4. The molecule has 0 saturated carbocycles. The van der Waals surface area contributed by atoms with E-state index in [-0.39, 0.29) is 48.7 Å². The number of nitrogens with zero attached hydrogens (tertiary/aromatic N) is 2. The SMILES string of the molecule is CC[C@H](C(=O)N1CCCCC1C(=O)O[C@H](CCc1ccc(C)c(C)c1)c1cccc(OCC(=O)CCCNc2cccc3c2C(=O)N(C2CCC(=O)NC2=O)C3=O)c1)c1cc(C)c(OC)c(OC)c1. The maximum atomic E-state index is 14.5. The Morgan fingerprint density at radius 3 is 2.38 bits per heavy atom. The number of nitrogens with one attached hydrogen (secondary N) is 2. The highest BCUT2D eigenvalue weighted by molar-refractivity contribution is 6.25. The Morgan fingerprint density at radius 2 is 1.64 bits per heavy atom. The molecule has 2 unspecified atom stereocenters. The van der Waals surface area contributed by atoms with Crippen molar-refractivity contribution < 1.29 is 52.5 Å². The number of carbonyl (C=O) groups is 7. The number of rotatable bonds is 20. The third-order valence-corrected chi connectivity index (χ3v) is 13.4. The molecule has 0 radical (unpaired) electrons. The average Bonchev–Trinajstić information content (AvgIpc) is 3.60. The maximum Gasteiger partial charge on any atom is 0.329 e. The molecule has 0 bridgehead atoms. The molecule has 7 rings (SSSR count). The van der Waals surface area contributed by atoms with Gasteiger partial charge in [-0.1, -0.05) is 49.4 Å². The molecule has 15 heteroatoms. The number of hydrogen-bond acceptors (Lipinski definition) is 12. The van der Waals surface area contributed by atoms with Crippen LogP contribution in [0.15, 0.2) is 72.8 Å². The van der Waals surface area contributed by atoms with Crippen molar-refractivity contribution >= 4 is 47.0 Å². The molecule has 364 valence electrons. The molecule has 2 N–H and O–H groups in total. The number of piperidine rings is 2. The zero-order valence-corrected chi connectivity index (χ0v) is 40.3. The first kappa shape index (κ1) is 49.9. The number of anilines is 1. The van der Waals surface area contributed by atoms with Crippen molar-refractivity contribution in [2.75, 3.05) is 39.2 Å². The number of fused-ring (bicyclic) bond motifs is 1. The summed E-state index contributed by atoms with van der Waals surface area (Å²) in [4.78, 5) is 95.5. The van der Waals surface area contributed by atoms with E-state index in [1.165, 1.54) is 11.6 Å². The molecule has 4 aromatic rings. The lowest BCUT2D eigenvalue weighted by Crippen LogP contribution is -2.54. The molecule has 3 aliphatic rings. The highest BCUT2D eigenvalue weighted by Gasteiger charge is 2.46. The zero-order valence-electron chi connectivity index (χ0n) is 40.3. The van der Waals surface area contributed by atoms with Crippen LogP contribution in [0.25, 0.3) is 0 Å². The summed E-state index contributed by atoms with van der Waals surface area (Å²) in [7, 11) is 3.15. The Morgan fingerprint density at radius 1 is 0.841 bits per heavy atom. The third kappa shape index (κ3) is 11.3. The number of likely N-dealkylation sites (tertiary alicyclic amines) is 1. The number of esters is 1. The van der Waals surface area contributed by atoms with E-state index >= 15 is 0 Å². The van der Waals surface area contributed by atoms with Crippen LogP contribution < -0.4 is 24.8 Å². The van der Waals surface area contributed by atoms with Crippen molar-refractivity contribution in [3.8, 4) is 17.2 Å². The Labute approximate surface area is 403 Å². The van der Waals surface area contributed by atoms with Crippen molar-refractivity contribution in [2.24, 2.45) is 0 Å². The average molecular weight is 943 g/mol. The van der Waals surface area contributed by atoms with Crippen LogP contribution in [0.2, 0.25) is 0 Å². The number of amides is 5. The molecule has 2 saturated heterocycles. The summed E-state index contributed by atoms with van der Waals surface area (Å²) in [6.45, 7) is 8.54. The van der Waals surface area contributed by atoms with Gasteiger partial charge in [0.2, 0.25) is 17.7 Å². The summed E-state index contributed by atoms with van der Waals surface area (Å²) < 4.78 is 23.6. The Kier molecular flexibility index (Phi) is 16.2. The first-order valence-corrected chi connectivity index (χ1v) is 23.8. The minimum Gasteiger partial charge on any atom is -0.493 e. The monoisotopic (exact) mass is 942 g/mol. The van der Waals surface area contributed by atoms with Gasteiger partial charge in [-0.15, -0.1) is 0 Å². The van der Waals surface area contributed by atoms with Gasteiger partial charge in [0.05, 0.1) is 31.3 Å². The quantitative estimate of drug-likeness (QED) is 0.0501. The van der Waals surface area contributed by atoms with E-state index < -0.39 is 53.7 Å². The molecule has 4 aromatic carbocycles. The Bertz CT molecular complexity index is 2630. The maximum absolute atomic E-state index is 14.5. The molecular weight excluding hydrogens is 881 g/mol. The number of imide groups is 2. The second-order valence-electron chi connectivity index (χ2n) is 18.1. The topological polar surface area (TPSA) is 187 Å². The van der Waals surface area contributed by atoms with Gasteiger partial charge in [-0.2, -0.15) is 0 Å². The summed E-state index contributed by atoms with van der Waals surface area (Å²) in [5, 5.41) is 5.37. The molecule has 0 aromatic heterocycles. The molecule has 5 amide bonds. The van der Waals surface area contributed by atoms with Crippen molar-refractivity contribution in [3.05, 3.63) is 117 Å². The lowest BCUT2D eigenvalue weighted by Gasteiger charge is -2.37. The van der Waals surface area contributed by atoms with Gasteiger partial charge in [-0.05, 0) is 136 Å². The normalized spacial score (nSPS) is 17.7. The largest absolute Gasteiger partial charge is 0.493 e. The van der Waals surface area contributed by atoms with E-state index in [0.717, 1.165) is 40.0 Å². The van der Waals surface area contributed by atoms with Crippen LogP contribution in [0.3, 0.4) is 0 Å². The Hall–Kier alpha value is -7.03. The van der Waals surface area contributed by atoms with Gasteiger partial charge in [-0.3, -0.25) is 39.0 Å². The van der Waals surface area contributed by atoms with Crippen LogP contribution in [0.5, 0.6) is 17.2 Å². The first-order chi connectivity index (χ1) is 33.2. The second-order valence-corrected chi connectivity index (χ2v) is 18.1. The fraction of sp³-hybridized carbons (Fsp3) is 0.426. The van der Waals surface area contributed by atoms with Gasteiger partial charge in [0.1, 0.15) is 30.5 Å². The van der Waals surface area contributed by atoms with Gasteiger partial charge >= 0.3 is 5.97 Å². The van der Waals surface area contributed by atoms with Crippen molar-refractivity contribution in [1.29, 1.82) is 0 Å². The number of carbonyl (C=O) groups excluding carboxylic acids is 7. The van der Waals surface area contributed by atoms with E-state index in [4.69, 9.17) is 18.9 Å². The number of benzene rings is 4. The highest BCUT2D eigenvalue weighted by Crippen LogP contribution is 2.38. The standard InChI is InChI=1S/C54H62N4O11/c1-7-40(37-28-34(4)49(67-6)46(30-37)66-5)51(62)57-26-9-8-18-44(57)54(65)69-45(23-21-35-20-19-32(2)33(3)27-35)36-13-10-15-39(29-36)68-31-38(59)14-12-25-55-42-17-11-16-41-48(42)53(64)58(52(41)63)43-22-24-47(60)56-50(43)61/h10-11,13,15-17,19-20,27-30,40,43-45,55H,7-9,12,14,18,21-26,31H2,1-6H3,(H,56,60,61)/t40-,43?,44?,45+/m0/s1. The van der Waals surface area contributed by atoms with Crippen LogP contribution in [-0.2, 0) is 35.1 Å². The molecule has 3 heterocycles. The number of ether oxygens (including phenoxy) is 4. The van der Waals surface area contributed by atoms with E-state index in [1.807, 2.05) is 32.0 Å². The van der Waals surface area contributed by atoms with E-state index in [9.17, 15) is 33.6 Å². The van der Waals surface area contributed by atoms with Crippen LogP contribution in [-0.4, -0.2) is 97.1 Å². The Balaban J connectivity index is 0.993. The molecule has 0 spiro atoms. The summed E-state index contributed by atoms with van der Waals surface area (Å²) in [6.07, 6.45) is 3.58.